The van der Waals surface area contributed by atoms with E-state index in [0.29, 0.717) is 23.9 Å². The lowest BCUT2D eigenvalue weighted by Crippen LogP contribution is -2.33. The average Bonchev–Trinajstić information content (AvgIpc) is 3.07. The average molecular weight is 316 g/mol. The van der Waals surface area contributed by atoms with E-state index in [0.717, 1.165) is 23.3 Å². The Labute approximate surface area is 126 Å². The van der Waals surface area contributed by atoms with Gasteiger partial charge in [0.15, 0.2) is 0 Å². The minimum absolute atomic E-state index is 0.181. The first-order valence-corrected chi connectivity index (χ1v) is 9.40. The first kappa shape index (κ1) is 15.9. The zero-order chi connectivity index (χ0) is 15.0. The van der Waals surface area contributed by atoms with Crippen LogP contribution in [0, 0.1) is 18.3 Å². The largest absolute Gasteiger partial charge is 0.315 e. The van der Waals surface area contributed by atoms with Gasteiger partial charge in [-0.15, -0.1) is 11.3 Å². The Morgan fingerprint density at radius 3 is 2.55 bits per heavy atom. The molecule has 20 heavy (non-hydrogen) atoms. The van der Waals surface area contributed by atoms with Gasteiger partial charge in [0.25, 0.3) is 0 Å². The normalized spacial score (nSPS) is 17.6. The molecule has 1 aromatic rings. The zero-order valence-corrected chi connectivity index (χ0v) is 14.2. The van der Waals surface area contributed by atoms with Crippen molar-refractivity contribution in [1.82, 2.24) is 10.0 Å². The molecule has 114 valence electrons. The molecule has 0 bridgehead atoms. The summed E-state index contributed by atoms with van der Waals surface area (Å²) in [6.07, 6.45) is 2.25. The molecule has 1 aromatic heterocycles. The van der Waals surface area contributed by atoms with E-state index < -0.39 is 10.0 Å². The molecule has 0 unspecified atom stereocenters. The molecule has 1 fully saturated rings. The van der Waals surface area contributed by atoms with Crippen LogP contribution in [0.1, 0.15) is 37.1 Å². The van der Waals surface area contributed by atoms with Crippen LogP contribution in [0.4, 0.5) is 0 Å². The fraction of sp³-hybridized carbons (Fsp3) is 0.714. The number of sulfonamides is 1. The third-order valence-corrected chi connectivity index (χ3v) is 7.19. The van der Waals surface area contributed by atoms with Gasteiger partial charge in [-0.1, -0.05) is 13.8 Å². The third kappa shape index (κ3) is 3.08. The second kappa shape index (κ2) is 5.75. The van der Waals surface area contributed by atoms with Gasteiger partial charge in [0.2, 0.25) is 10.0 Å². The highest BCUT2D eigenvalue weighted by atomic mass is 32.2. The fourth-order valence-electron chi connectivity index (χ4n) is 2.56. The number of hydrogen-bond donors (Lipinski definition) is 2. The molecule has 4 nitrogen and oxygen atoms in total. The van der Waals surface area contributed by atoms with Crippen molar-refractivity contribution in [2.75, 3.05) is 13.6 Å². The molecule has 1 aliphatic carbocycles. The van der Waals surface area contributed by atoms with E-state index in [1.54, 1.807) is 0 Å². The van der Waals surface area contributed by atoms with Gasteiger partial charge in [-0.25, -0.2) is 13.1 Å². The number of thiophene rings is 1. The van der Waals surface area contributed by atoms with Crippen LogP contribution >= 0.6 is 11.3 Å². The smallest absolute Gasteiger partial charge is 0.242 e. The summed E-state index contributed by atoms with van der Waals surface area (Å²) in [5, 5.41) is 4.94. The van der Waals surface area contributed by atoms with Crippen LogP contribution in [-0.4, -0.2) is 22.0 Å². The highest BCUT2D eigenvalue weighted by Crippen LogP contribution is 2.51. The molecular weight excluding hydrogens is 292 g/mol. The highest BCUT2D eigenvalue weighted by Gasteiger charge is 2.45. The number of aryl methyl sites for hydroxylation is 1. The second-order valence-corrected chi connectivity index (χ2v) is 8.71. The lowest BCUT2D eigenvalue weighted by Gasteiger charge is -2.20. The van der Waals surface area contributed by atoms with E-state index in [1.165, 1.54) is 11.3 Å². The van der Waals surface area contributed by atoms with Crippen LogP contribution in [0.3, 0.4) is 0 Å². The Morgan fingerprint density at radius 2 is 2.05 bits per heavy atom. The molecular formula is C14H24N2O2S2. The second-order valence-electron chi connectivity index (χ2n) is 6.04. The maximum Gasteiger partial charge on any atom is 0.242 e. The molecule has 0 saturated heterocycles. The van der Waals surface area contributed by atoms with Gasteiger partial charge < -0.3 is 5.32 Å². The van der Waals surface area contributed by atoms with Gasteiger partial charge in [0.05, 0.1) is 0 Å². The maximum atomic E-state index is 12.6. The number of nitrogens with one attached hydrogen (secondary N) is 2. The Balaban J connectivity index is 2.17. The summed E-state index contributed by atoms with van der Waals surface area (Å²) >= 11 is 1.50. The van der Waals surface area contributed by atoms with Crippen LogP contribution in [0.25, 0.3) is 0 Å². The predicted molar refractivity (Wildman–Crippen MR) is 83.5 cm³/mol. The van der Waals surface area contributed by atoms with Crippen LogP contribution in [0.5, 0.6) is 0 Å². The molecule has 6 heteroatoms. The lowest BCUT2D eigenvalue weighted by molar-refractivity contribution is 0.357. The summed E-state index contributed by atoms with van der Waals surface area (Å²) in [5.41, 5.74) is 1.02. The first-order valence-electron chi connectivity index (χ1n) is 7.03. The van der Waals surface area contributed by atoms with Crippen molar-refractivity contribution in [3.05, 3.63) is 15.8 Å². The lowest BCUT2D eigenvalue weighted by atomic mass is 9.93. The molecule has 2 rings (SSSR count). The summed E-state index contributed by atoms with van der Waals surface area (Å²) < 4.78 is 28.0. The van der Waals surface area contributed by atoms with Crippen LogP contribution < -0.4 is 10.0 Å². The molecule has 1 aliphatic rings. The van der Waals surface area contributed by atoms with E-state index in [1.807, 2.05) is 19.4 Å². The Morgan fingerprint density at radius 1 is 1.40 bits per heavy atom. The summed E-state index contributed by atoms with van der Waals surface area (Å²) in [6, 6.07) is 0. The Bertz CT molecular complexity index is 572. The van der Waals surface area contributed by atoms with E-state index in [2.05, 4.69) is 23.9 Å². The van der Waals surface area contributed by atoms with Crippen molar-refractivity contribution < 1.29 is 8.42 Å². The Hall–Kier alpha value is -0.430. The molecule has 1 saturated carbocycles. The molecule has 0 aliphatic heterocycles. The standard InChI is InChI=1S/C14H24N2O2S2/c1-10(2)14(5-6-14)9-16-20(17,18)13-11(3)8-19-12(13)7-15-4/h8,10,15-16H,5-7,9H2,1-4H3. The molecule has 0 amide bonds. The van der Waals surface area contributed by atoms with Crippen molar-refractivity contribution in [2.24, 2.45) is 11.3 Å². The molecule has 0 aromatic carbocycles. The highest BCUT2D eigenvalue weighted by molar-refractivity contribution is 7.89. The molecule has 2 N–H and O–H groups in total. The molecule has 1 heterocycles. The third-order valence-electron chi connectivity index (χ3n) is 4.33. The van der Waals surface area contributed by atoms with Crippen LogP contribution in [-0.2, 0) is 16.6 Å². The monoisotopic (exact) mass is 316 g/mol. The Kier molecular flexibility index (Phi) is 4.59. The number of hydrogen-bond acceptors (Lipinski definition) is 4. The van der Waals surface area contributed by atoms with Gasteiger partial charge >= 0.3 is 0 Å². The first-order chi connectivity index (χ1) is 9.32. The van der Waals surface area contributed by atoms with Crippen molar-refractivity contribution >= 4 is 21.4 Å². The topological polar surface area (TPSA) is 58.2 Å². The van der Waals surface area contributed by atoms with Crippen LogP contribution in [0.15, 0.2) is 10.3 Å². The van der Waals surface area contributed by atoms with Gasteiger partial charge in [-0.05, 0) is 49.1 Å². The maximum absolute atomic E-state index is 12.6. The predicted octanol–water partition coefficient (Wildman–Crippen LogP) is 2.49. The molecule has 0 atom stereocenters. The SMILES string of the molecule is CNCc1scc(C)c1S(=O)(=O)NCC1(C(C)C)CC1. The van der Waals surface area contributed by atoms with E-state index >= 15 is 0 Å². The van der Waals surface area contributed by atoms with E-state index in [9.17, 15) is 8.42 Å². The van der Waals surface area contributed by atoms with Crippen molar-refractivity contribution in [3.8, 4) is 0 Å². The summed E-state index contributed by atoms with van der Waals surface area (Å²) in [6.45, 7) is 7.35. The van der Waals surface area contributed by atoms with Crippen molar-refractivity contribution in [1.29, 1.82) is 0 Å². The quantitative estimate of drug-likeness (QED) is 0.812. The number of rotatable bonds is 7. The summed E-state index contributed by atoms with van der Waals surface area (Å²) in [7, 11) is -1.58. The van der Waals surface area contributed by atoms with Crippen molar-refractivity contribution in [3.63, 3.8) is 0 Å². The van der Waals surface area contributed by atoms with Gasteiger partial charge in [0.1, 0.15) is 4.90 Å². The minimum Gasteiger partial charge on any atom is -0.315 e. The fourth-order valence-corrected chi connectivity index (χ4v) is 5.52. The van der Waals surface area contributed by atoms with E-state index in [4.69, 9.17) is 0 Å². The minimum atomic E-state index is -3.41. The van der Waals surface area contributed by atoms with Crippen LogP contribution in [0.2, 0.25) is 0 Å². The molecule has 0 spiro atoms. The molecule has 0 radical (unpaired) electrons. The summed E-state index contributed by atoms with van der Waals surface area (Å²) in [4.78, 5) is 1.35. The van der Waals surface area contributed by atoms with E-state index in [-0.39, 0.29) is 5.41 Å². The van der Waals surface area contributed by atoms with Crippen molar-refractivity contribution in [2.45, 2.75) is 45.1 Å². The van der Waals surface area contributed by atoms with Gasteiger partial charge in [0, 0.05) is 18.0 Å². The van der Waals surface area contributed by atoms with Gasteiger partial charge in [-0.3, -0.25) is 0 Å². The summed E-state index contributed by atoms with van der Waals surface area (Å²) in [5.74, 6) is 0.519. The van der Waals surface area contributed by atoms with Gasteiger partial charge in [-0.2, -0.15) is 0 Å². The zero-order valence-electron chi connectivity index (χ0n) is 12.6.